The summed E-state index contributed by atoms with van der Waals surface area (Å²) < 4.78 is 1.86. The van der Waals surface area contributed by atoms with Crippen molar-refractivity contribution in [2.45, 2.75) is 26.4 Å². The number of hydrogen-bond donors (Lipinski definition) is 0. The molecule has 22 heavy (non-hydrogen) atoms. The number of carbonyl (C=O) groups is 1. The molecule has 0 spiro atoms. The molecule has 0 fully saturated rings. The number of pyridine rings is 1. The number of thiophene rings is 1. The van der Waals surface area contributed by atoms with Crippen LogP contribution in [0.3, 0.4) is 0 Å². The van der Waals surface area contributed by atoms with Crippen molar-refractivity contribution in [3.8, 4) is 0 Å². The highest BCUT2D eigenvalue weighted by molar-refractivity contribution is 7.09. The summed E-state index contributed by atoms with van der Waals surface area (Å²) in [6, 6.07) is 6.13. The maximum absolute atomic E-state index is 12.5. The van der Waals surface area contributed by atoms with E-state index in [1.54, 1.807) is 28.6 Å². The Morgan fingerprint density at radius 3 is 2.91 bits per heavy atom. The van der Waals surface area contributed by atoms with Crippen molar-refractivity contribution in [3.05, 3.63) is 46.4 Å². The Bertz CT molecular complexity index is 792. The van der Waals surface area contributed by atoms with Crippen LogP contribution in [0, 0.1) is 0 Å². The lowest BCUT2D eigenvalue weighted by Gasteiger charge is -2.16. The van der Waals surface area contributed by atoms with Crippen LogP contribution in [0.2, 0.25) is 0 Å². The third kappa shape index (κ3) is 2.74. The van der Waals surface area contributed by atoms with Gasteiger partial charge < -0.3 is 4.90 Å². The van der Waals surface area contributed by atoms with Gasteiger partial charge in [0.05, 0.1) is 18.3 Å². The molecule has 5 nitrogen and oxygen atoms in total. The molecular weight excluding hydrogens is 296 g/mol. The molecule has 6 heteroatoms. The topological polar surface area (TPSA) is 51.0 Å². The lowest BCUT2D eigenvalue weighted by Crippen LogP contribution is -2.25. The minimum absolute atomic E-state index is 0.0277. The molecule has 114 valence electrons. The molecule has 0 saturated carbocycles. The van der Waals surface area contributed by atoms with Crippen LogP contribution in [0.25, 0.3) is 11.0 Å². The van der Waals surface area contributed by atoms with E-state index in [0.717, 1.165) is 15.9 Å². The van der Waals surface area contributed by atoms with Gasteiger partial charge in [-0.2, -0.15) is 5.10 Å². The number of hydrogen-bond acceptors (Lipinski definition) is 4. The van der Waals surface area contributed by atoms with Gasteiger partial charge >= 0.3 is 0 Å². The average Bonchev–Trinajstić information content (AvgIpc) is 3.14. The first-order valence-electron chi connectivity index (χ1n) is 7.17. The molecule has 0 aliphatic carbocycles. The summed E-state index contributed by atoms with van der Waals surface area (Å²) >= 11 is 1.65. The van der Waals surface area contributed by atoms with Gasteiger partial charge in [0, 0.05) is 29.5 Å². The Kier molecular flexibility index (Phi) is 3.94. The van der Waals surface area contributed by atoms with Crippen LogP contribution in [0.4, 0.5) is 0 Å². The number of amides is 1. The maximum Gasteiger partial charge on any atom is 0.255 e. The first-order chi connectivity index (χ1) is 10.6. The molecule has 0 saturated heterocycles. The maximum atomic E-state index is 12.5. The highest BCUT2D eigenvalue weighted by Gasteiger charge is 2.15. The first kappa shape index (κ1) is 14.7. The molecule has 0 N–H and O–H groups in total. The first-order valence-corrected chi connectivity index (χ1v) is 8.05. The zero-order valence-electron chi connectivity index (χ0n) is 12.9. The molecule has 0 unspecified atom stereocenters. The van der Waals surface area contributed by atoms with Crippen LogP contribution in [0.15, 0.2) is 36.0 Å². The summed E-state index contributed by atoms with van der Waals surface area (Å²) in [6.45, 7) is 4.73. The van der Waals surface area contributed by atoms with Crippen LogP contribution in [-0.4, -0.2) is 32.6 Å². The summed E-state index contributed by atoms with van der Waals surface area (Å²) in [5.74, 6) is -0.0277. The third-order valence-electron chi connectivity index (χ3n) is 3.49. The predicted molar refractivity (Wildman–Crippen MR) is 88.0 cm³/mol. The molecule has 1 amide bonds. The lowest BCUT2D eigenvalue weighted by atomic mass is 10.2. The van der Waals surface area contributed by atoms with Gasteiger partial charge in [0.1, 0.15) is 0 Å². The molecule has 3 rings (SSSR count). The Balaban J connectivity index is 1.85. The van der Waals surface area contributed by atoms with E-state index >= 15 is 0 Å². The van der Waals surface area contributed by atoms with Gasteiger partial charge in [0.25, 0.3) is 5.91 Å². The number of rotatable bonds is 4. The second kappa shape index (κ2) is 5.88. The molecule has 3 aromatic heterocycles. The smallest absolute Gasteiger partial charge is 0.255 e. The van der Waals surface area contributed by atoms with Gasteiger partial charge in [-0.1, -0.05) is 6.07 Å². The van der Waals surface area contributed by atoms with Crippen LogP contribution in [0.5, 0.6) is 0 Å². The Morgan fingerprint density at radius 2 is 2.23 bits per heavy atom. The normalized spacial score (nSPS) is 11.3. The van der Waals surface area contributed by atoms with Crippen LogP contribution < -0.4 is 0 Å². The van der Waals surface area contributed by atoms with Crippen LogP contribution in [-0.2, 0) is 6.54 Å². The fraction of sp³-hybridized carbons (Fsp3) is 0.312. The summed E-state index contributed by atoms with van der Waals surface area (Å²) in [5, 5.41) is 7.24. The summed E-state index contributed by atoms with van der Waals surface area (Å²) in [7, 11) is 1.81. The Hall–Kier alpha value is -2.21. The van der Waals surface area contributed by atoms with Crippen LogP contribution in [0.1, 0.15) is 35.1 Å². The zero-order chi connectivity index (χ0) is 15.7. The van der Waals surface area contributed by atoms with E-state index in [2.05, 4.69) is 23.9 Å². The molecular formula is C16H18N4OS. The Labute approximate surface area is 133 Å². The van der Waals surface area contributed by atoms with Crippen molar-refractivity contribution in [3.63, 3.8) is 0 Å². The highest BCUT2D eigenvalue weighted by Crippen LogP contribution is 2.18. The van der Waals surface area contributed by atoms with Crippen molar-refractivity contribution in [1.82, 2.24) is 19.7 Å². The zero-order valence-corrected chi connectivity index (χ0v) is 13.7. The van der Waals surface area contributed by atoms with E-state index < -0.39 is 0 Å². The van der Waals surface area contributed by atoms with Crippen molar-refractivity contribution >= 4 is 28.3 Å². The fourth-order valence-electron chi connectivity index (χ4n) is 2.36. The monoisotopic (exact) mass is 314 g/mol. The van der Waals surface area contributed by atoms with E-state index in [4.69, 9.17) is 0 Å². The van der Waals surface area contributed by atoms with Gasteiger partial charge in [-0.25, -0.2) is 9.67 Å². The van der Waals surface area contributed by atoms with E-state index in [0.29, 0.717) is 12.1 Å². The van der Waals surface area contributed by atoms with Crippen LogP contribution >= 0.6 is 11.3 Å². The standard InChI is InChI=1S/C16H18N4OS/c1-11(2)20-15-12(9-18-20)7-13(8-17-15)16(21)19(3)10-14-5-4-6-22-14/h4-9,11H,10H2,1-3H3. The molecule has 3 aromatic rings. The van der Waals surface area contributed by atoms with Crippen molar-refractivity contribution in [1.29, 1.82) is 0 Å². The van der Waals surface area contributed by atoms with Crippen molar-refractivity contribution in [2.75, 3.05) is 7.05 Å². The number of fused-ring (bicyclic) bond motifs is 1. The van der Waals surface area contributed by atoms with E-state index in [-0.39, 0.29) is 11.9 Å². The van der Waals surface area contributed by atoms with Gasteiger partial charge in [-0.15, -0.1) is 11.3 Å². The summed E-state index contributed by atoms with van der Waals surface area (Å²) in [6.07, 6.45) is 3.40. The quantitative estimate of drug-likeness (QED) is 0.742. The lowest BCUT2D eigenvalue weighted by molar-refractivity contribution is 0.0786. The van der Waals surface area contributed by atoms with Gasteiger partial charge in [0.15, 0.2) is 5.65 Å². The Morgan fingerprint density at radius 1 is 1.41 bits per heavy atom. The SMILES string of the molecule is CC(C)n1ncc2cc(C(=O)N(C)Cc3cccs3)cnc21. The van der Waals surface area contributed by atoms with E-state index in [1.165, 1.54) is 0 Å². The largest absolute Gasteiger partial charge is 0.337 e. The molecule has 3 heterocycles. The molecule has 0 aliphatic rings. The molecule has 0 aromatic carbocycles. The second-order valence-electron chi connectivity index (χ2n) is 5.56. The highest BCUT2D eigenvalue weighted by atomic mass is 32.1. The molecule has 0 bridgehead atoms. The van der Waals surface area contributed by atoms with E-state index in [1.807, 2.05) is 35.3 Å². The van der Waals surface area contributed by atoms with Gasteiger partial charge in [-0.3, -0.25) is 4.79 Å². The minimum atomic E-state index is -0.0277. The van der Waals surface area contributed by atoms with Crippen molar-refractivity contribution < 1.29 is 4.79 Å². The third-order valence-corrected chi connectivity index (χ3v) is 4.35. The summed E-state index contributed by atoms with van der Waals surface area (Å²) in [4.78, 5) is 19.8. The summed E-state index contributed by atoms with van der Waals surface area (Å²) in [5.41, 5.74) is 1.40. The van der Waals surface area contributed by atoms with Crippen molar-refractivity contribution in [2.24, 2.45) is 0 Å². The minimum Gasteiger partial charge on any atom is -0.337 e. The average molecular weight is 314 g/mol. The molecule has 0 radical (unpaired) electrons. The van der Waals surface area contributed by atoms with Gasteiger partial charge in [0.2, 0.25) is 0 Å². The predicted octanol–water partition coefficient (Wildman–Crippen LogP) is 3.35. The fourth-order valence-corrected chi connectivity index (χ4v) is 3.12. The second-order valence-corrected chi connectivity index (χ2v) is 6.59. The number of carbonyl (C=O) groups excluding carboxylic acids is 1. The molecule has 0 atom stereocenters. The number of aromatic nitrogens is 3. The van der Waals surface area contributed by atoms with Gasteiger partial charge in [-0.05, 0) is 31.4 Å². The number of nitrogens with zero attached hydrogens (tertiary/aromatic N) is 4. The van der Waals surface area contributed by atoms with E-state index in [9.17, 15) is 4.79 Å². The molecule has 0 aliphatic heterocycles.